The molecule has 0 aliphatic carbocycles. The molecule has 0 radical (unpaired) electrons. The summed E-state index contributed by atoms with van der Waals surface area (Å²) in [7, 11) is 1.61. The molecule has 0 unspecified atom stereocenters. The maximum absolute atomic E-state index is 12.2. The van der Waals surface area contributed by atoms with Crippen molar-refractivity contribution < 1.29 is 14.3 Å². The highest BCUT2D eigenvalue weighted by molar-refractivity contribution is 5.87. The number of nitrogens with one attached hydrogen (secondary N) is 1. The molecule has 5 heteroatoms. The number of amides is 1. The molecule has 1 N–H and O–H groups in total. The number of carbonyl (C=O) groups is 1. The lowest BCUT2D eigenvalue weighted by Gasteiger charge is -2.12. The van der Waals surface area contributed by atoms with E-state index in [1.165, 1.54) is 0 Å². The van der Waals surface area contributed by atoms with Gasteiger partial charge in [0.25, 0.3) is 5.91 Å². The molecule has 1 aromatic heterocycles. The van der Waals surface area contributed by atoms with Crippen molar-refractivity contribution in [2.45, 2.75) is 20.4 Å². The predicted molar refractivity (Wildman–Crippen MR) is 102 cm³/mol. The predicted octanol–water partition coefficient (Wildman–Crippen LogP) is 3.56. The summed E-state index contributed by atoms with van der Waals surface area (Å²) in [5.74, 6) is 1.17. The molecule has 2 aromatic carbocycles. The van der Waals surface area contributed by atoms with Gasteiger partial charge >= 0.3 is 0 Å². The lowest BCUT2D eigenvalue weighted by molar-refractivity contribution is -0.123. The van der Waals surface area contributed by atoms with Crippen LogP contribution in [0.1, 0.15) is 16.8 Å². The van der Waals surface area contributed by atoms with Crippen molar-refractivity contribution in [1.82, 2.24) is 10.3 Å². The van der Waals surface area contributed by atoms with Crippen molar-refractivity contribution >= 4 is 16.8 Å². The van der Waals surface area contributed by atoms with Gasteiger partial charge in [-0.1, -0.05) is 24.3 Å². The number of nitrogens with zero attached hydrogens (tertiary/aromatic N) is 1. The fourth-order valence-electron chi connectivity index (χ4n) is 2.74. The lowest BCUT2D eigenvalue weighted by Crippen LogP contribution is -2.28. The summed E-state index contributed by atoms with van der Waals surface area (Å²) in [6.07, 6.45) is 0. The van der Waals surface area contributed by atoms with Gasteiger partial charge in [-0.25, -0.2) is 0 Å². The average Bonchev–Trinajstić information content (AvgIpc) is 2.65. The maximum Gasteiger partial charge on any atom is 0.258 e. The van der Waals surface area contributed by atoms with Crippen LogP contribution in [-0.2, 0) is 11.3 Å². The third-order valence-electron chi connectivity index (χ3n) is 4.20. The summed E-state index contributed by atoms with van der Waals surface area (Å²) < 4.78 is 11.0. The zero-order chi connectivity index (χ0) is 18.5. The van der Waals surface area contributed by atoms with Crippen LogP contribution >= 0.6 is 0 Å². The number of aromatic nitrogens is 1. The maximum atomic E-state index is 12.2. The van der Waals surface area contributed by atoms with Crippen LogP contribution < -0.4 is 14.8 Å². The Morgan fingerprint density at radius 3 is 2.69 bits per heavy atom. The Morgan fingerprint density at radius 1 is 1.12 bits per heavy atom. The smallest absolute Gasteiger partial charge is 0.258 e. The van der Waals surface area contributed by atoms with E-state index in [4.69, 9.17) is 9.47 Å². The van der Waals surface area contributed by atoms with Gasteiger partial charge in [0.05, 0.1) is 12.6 Å². The normalized spacial score (nSPS) is 10.6. The first-order valence-corrected chi connectivity index (χ1v) is 8.46. The van der Waals surface area contributed by atoms with E-state index in [0.29, 0.717) is 12.3 Å². The second-order valence-corrected chi connectivity index (χ2v) is 6.14. The second-order valence-electron chi connectivity index (χ2n) is 6.14. The van der Waals surface area contributed by atoms with Gasteiger partial charge in [0.1, 0.15) is 11.5 Å². The van der Waals surface area contributed by atoms with E-state index in [0.717, 1.165) is 33.5 Å². The SMILES string of the molecule is COc1ccc2nc(C)cc(OCC(=O)NCc3ccccc3C)c2c1. The third-order valence-corrected chi connectivity index (χ3v) is 4.20. The molecule has 3 rings (SSSR count). The summed E-state index contributed by atoms with van der Waals surface area (Å²) >= 11 is 0. The van der Waals surface area contributed by atoms with Crippen molar-refractivity contribution in [3.63, 3.8) is 0 Å². The van der Waals surface area contributed by atoms with Crippen LogP contribution in [0.2, 0.25) is 0 Å². The highest BCUT2D eigenvalue weighted by Crippen LogP contribution is 2.28. The van der Waals surface area contributed by atoms with Crippen LogP contribution in [0.15, 0.2) is 48.5 Å². The van der Waals surface area contributed by atoms with Crippen LogP contribution in [0, 0.1) is 13.8 Å². The van der Waals surface area contributed by atoms with Gasteiger partial charge in [0.15, 0.2) is 6.61 Å². The van der Waals surface area contributed by atoms with E-state index in [1.54, 1.807) is 7.11 Å². The van der Waals surface area contributed by atoms with Crippen molar-refractivity contribution in [3.05, 3.63) is 65.4 Å². The number of pyridine rings is 1. The Kier molecular flexibility index (Phi) is 5.37. The first-order valence-electron chi connectivity index (χ1n) is 8.46. The number of fused-ring (bicyclic) bond motifs is 1. The number of hydrogen-bond donors (Lipinski definition) is 1. The van der Waals surface area contributed by atoms with Gasteiger partial charge < -0.3 is 14.8 Å². The molecule has 26 heavy (non-hydrogen) atoms. The standard InChI is InChI=1S/C21H22N2O3/c1-14-6-4-5-7-16(14)12-22-21(24)13-26-20-10-15(2)23-19-9-8-17(25-3)11-18(19)20/h4-11H,12-13H2,1-3H3,(H,22,24). The zero-order valence-electron chi connectivity index (χ0n) is 15.2. The highest BCUT2D eigenvalue weighted by Gasteiger charge is 2.10. The fraction of sp³-hybridized carbons (Fsp3) is 0.238. The van der Waals surface area contributed by atoms with Gasteiger partial charge in [-0.3, -0.25) is 9.78 Å². The first-order chi connectivity index (χ1) is 12.6. The first kappa shape index (κ1) is 17.7. The molecule has 1 amide bonds. The van der Waals surface area contributed by atoms with Crippen molar-refractivity contribution in [2.24, 2.45) is 0 Å². The molecule has 1 heterocycles. The van der Waals surface area contributed by atoms with Gasteiger partial charge in [-0.2, -0.15) is 0 Å². The number of aryl methyl sites for hydroxylation is 2. The third kappa shape index (κ3) is 4.11. The van der Waals surface area contributed by atoms with E-state index in [9.17, 15) is 4.79 Å². The van der Waals surface area contributed by atoms with Gasteiger partial charge in [-0.15, -0.1) is 0 Å². The van der Waals surface area contributed by atoms with E-state index >= 15 is 0 Å². The van der Waals surface area contributed by atoms with Crippen LogP contribution in [0.4, 0.5) is 0 Å². The molecule has 0 aliphatic heterocycles. The molecule has 0 aliphatic rings. The molecule has 0 saturated carbocycles. The van der Waals surface area contributed by atoms with Crippen LogP contribution in [0.25, 0.3) is 10.9 Å². The Labute approximate surface area is 153 Å². The second kappa shape index (κ2) is 7.87. The van der Waals surface area contributed by atoms with Gasteiger partial charge in [-0.05, 0) is 43.2 Å². The van der Waals surface area contributed by atoms with E-state index in [-0.39, 0.29) is 12.5 Å². The Balaban J connectivity index is 1.69. The molecule has 0 fully saturated rings. The summed E-state index contributed by atoms with van der Waals surface area (Å²) in [5.41, 5.74) is 3.88. The van der Waals surface area contributed by atoms with E-state index in [1.807, 2.05) is 62.4 Å². The molecular formula is C21H22N2O3. The quantitative estimate of drug-likeness (QED) is 0.738. The van der Waals surface area contributed by atoms with E-state index < -0.39 is 0 Å². The highest BCUT2D eigenvalue weighted by atomic mass is 16.5. The van der Waals surface area contributed by atoms with Crippen LogP contribution in [-0.4, -0.2) is 24.6 Å². The number of benzene rings is 2. The Morgan fingerprint density at radius 2 is 1.92 bits per heavy atom. The summed E-state index contributed by atoms with van der Waals surface area (Å²) in [4.78, 5) is 16.7. The lowest BCUT2D eigenvalue weighted by atomic mass is 10.1. The molecule has 3 aromatic rings. The topological polar surface area (TPSA) is 60.5 Å². The number of methoxy groups -OCH3 is 1. The molecule has 0 spiro atoms. The molecule has 0 saturated heterocycles. The Hall–Kier alpha value is -3.08. The minimum absolute atomic E-state index is 0.0539. The minimum Gasteiger partial charge on any atom is -0.497 e. The summed E-state index contributed by atoms with van der Waals surface area (Å²) in [5, 5.41) is 3.71. The molecule has 5 nitrogen and oxygen atoms in total. The largest absolute Gasteiger partial charge is 0.497 e. The number of carbonyl (C=O) groups excluding carboxylic acids is 1. The molecule has 0 atom stereocenters. The molecular weight excluding hydrogens is 328 g/mol. The Bertz CT molecular complexity index is 938. The van der Waals surface area contributed by atoms with Crippen molar-refractivity contribution in [3.8, 4) is 11.5 Å². The van der Waals surface area contributed by atoms with E-state index in [2.05, 4.69) is 10.3 Å². The number of ether oxygens (including phenoxy) is 2. The van der Waals surface area contributed by atoms with Crippen LogP contribution in [0.3, 0.4) is 0 Å². The fourth-order valence-corrected chi connectivity index (χ4v) is 2.74. The van der Waals surface area contributed by atoms with Crippen molar-refractivity contribution in [1.29, 1.82) is 0 Å². The minimum atomic E-state index is -0.168. The average molecular weight is 350 g/mol. The summed E-state index contributed by atoms with van der Waals surface area (Å²) in [6.45, 7) is 4.35. The number of rotatable bonds is 6. The monoisotopic (exact) mass is 350 g/mol. The van der Waals surface area contributed by atoms with Gasteiger partial charge in [0.2, 0.25) is 0 Å². The summed E-state index contributed by atoms with van der Waals surface area (Å²) in [6, 6.07) is 15.4. The zero-order valence-corrected chi connectivity index (χ0v) is 15.2. The molecule has 134 valence electrons. The molecule has 0 bridgehead atoms. The van der Waals surface area contributed by atoms with Gasteiger partial charge in [0, 0.05) is 23.7 Å². The van der Waals surface area contributed by atoms with Crippen LogP contribution in [0.5, 0.6) is 11.5 Å². The van der Waals surface area contributed by atoms with Crippen molar-refractivity contribution in [2.75, 3.05) is 13.7 Å². The number of hydrogen-bond acceptors (Lipinski definition) is 4.